The predicted molar refractivity (Wildman–Crippen MR) is 68.8 cm³/mol. The van der Waals surface area contributed by atoms with E-state index in [-0.39, 0.29) is 0 Å². The van der Waals surface area contributed by atoms with Crippen molar-refractivity contribution >= 4 is 0 Å². The van der Waals surface area contributed by atoms with Crippen LogP contribution in [0, 0.1) is 11.8 Å². The number of hydrogen-bond acceptors (Lipinski definition) is 3. The lowest BCUT2D eigenvalue weighted by molar-refractivity contribution is 0.0805. The molecule has 3 heteroatoms. The van der Waals surface area contributed by atoms with Gasteiger partial charge in [0.25, 0.3) is 0 Å². The summed E-state index contributed by atoms with van der Waals surface area (Å²) in [5.74, 6) is 2.16. The summed E-state index contributed by atoms with van der Waals surface area (Å²) in [7, 11) is 0. The van der Waals surface area contributed by atoms with Crippen LogP contribution in [0.3, 0.4) is 0 Å². The third-order valence-corrected chi connectivity index (χ3v) is 2.52. The van der Waals surface area contributed by atoms with E-state index in [1.54, 1.807) is 0 Å². The Morgan fingerprint density at radius 3 is 2.65 bits per heavy atom. The summed E-state index contributed by atoms with van der Waals surface area (Å²) < 4.78 is 10.7. The van der Waals surface area contributed by atoms with E-state index >= 15 is 0 Å². The Kier molecular flexibility index (Phi) is 6.27. The quantitative estimate of drug-likeness (QED) is 0.691. The minimum atomic E-state index is 0.537. The van der Waals surface area contributed by atoms with Crippen molar-refractivity contribution < 1.29 is 9.26 Å². The lowest BCUT2D eigenvalue weighted by Gasteiger charge is -2.03. The molecule has 0 aliphatic heterocycles. The Bertz CT molecular complexity index is 276. The molecule has 0 amide bonds. The minimum absolute atomic E-state index is 0.537. The van der Waals surface area contributed by atoms with E-state index in [2.05, 4.69) is 32.9 Å². The summed E-state index contributed by atoms with van der Waals surface area (Å²) in [6.45, 7) is 10.1. The van der Waals surface area contributed by atoms with Crippen LogP contribution in [-0.2, 0) is 17.8 Å². The molecule has 0 spiro atoms. The zero-order valence-corrected chi connectivity index (χ0v) is 11.5. The molecule has 0 aliphatic carbocycles. The van der Waals surface area contributed by atoms with Gasteiger partial charge in [-0.05, 0) is 24.7 Å². The highest BCUT2D eigenvalue weighted by Crippen LogP contribution is 2.11. The standard InChI is InChI=1S/C14H25NO2/c1-11(2)6-5-7-13-8-14(17-15-13)10-16-9-12(3)4/h8,11-12H,5-7,9-10H2,1-4H3. The molecule has 0 N–H and O–H groups in total. The molecule has 0 unspecified atom stereocenters. The fraction of sp³-hybridized carbons (Fsp3) is 0.786. The molecule has 0 saturated heterocycles. The molecule has 1 aromatic heterocycles. The second kappa shape index (κ2) is 7.49. The molecule has 17 heavy (non-hydrogen) atoms. The number of aryl methyl sites for hydroxylation is 1. The first-order valence-electron chi connectivity index (χ1n) is 6.60. The normalized spacial score (nSPS) is 11.6. The molecule has 0 saturated carbocycles. The van der Waals surface area contributed by atoms with Gasteiger partial charge in [0, 0.05) is 12.7 Å². The number of ether oxygens (including phenoxy) is 1. The maximum absolute atomic E-state index is 5.50. The Hall–Kier alpha value is -0.830. The van der Waals surface area contributed by atoms with Gasteiger partial charge in [0.15, 0.2) is 5.76 Å². The van der Waals surface area contributed by atoms with Gasteiger partial charge in [-0.25, -0.2) is 0 Å². The van der Waals surface area contributed by atoms with Gasteiger partial charge in [-0.3, -0.25) is 0 Å². The summed E-state index contributed by atoms with van der Waals surface area (Å²) in [6, 6.07) is 2.01. The molecule has 3 nitrogen and oxygen atoms in total. The summed E-state index contributed by atoms with van der Waals surface area (Å²) >= 11 is 0. The average molecular weight is 239 g/mol. The van der Waals surface area contributed by atoms with Gasteiger partial charge < -0.3 is 9.26 Å². The van der Waals surface area contributed by atoms with E-state index in [4.69, 9.17) is 9.26 Å². The van der Waals surface area contributed by atoms with Crippen LogP contribution in [0.5, 0.6) is 0 Å². The highest BCUT2D eigenvalue weighted by atomic mass is 16.5. The summed E-state index contributed by atoms with van der Waals surface area (Å²) in [6.07, 6.45) is 3.42. The second-order valence-electron chi connectivity index (χ2n) is 5.48. The van der Waals surface area contributed by atoms with Crippen molar-refractivity contribution in [2.24, 2.45) is 11.8 Å². The zero-order valence-electron chi connectivity index (χ0n) is 11.5. The largest absolute Gasteiger partial charge is 0.373 e. The summed E-state index contributed by atoms with van der Waals surface area (Å²) in [4.78, 5) is 0. The first-order chi connectivity index (χ1) is 8.08. The van der Waals surface area contributed by atoms with Crippen molar-refractivity contribution in [2.45, 2.75) is 53.6 Å². The van der Waals surface area contributed by atoms with Gasteiger partial charge in [-0.15, -0.1) is 0 Å². The molecule has 1 heterocycles. The molecule has 0 bridgehead atoms. The van der Waals surface area contributed by atoms with E-state index in [0.717, 1.165) is 30.4 Å². The minimum Gasteiger partial charge on any atom is -0.373 e. The monoisotopic (exact) mass is 239 g/mol. The number of hydrogen-bond donors (Lipinski definition) is 0. The van der Waals surface area contributed by atoms with E-state index in [9.17, 15) is 0 Å². The van der Waals surface area contributed by atoms with Gasteiger partial charge >= 0.3 is 0 Å². The molecule has 1 rings (SSSR count). The molecular weight excluding hydrogens is 214 g/mol. The molecule has 98 valence electrons. The molecule has 0 radical (unpaired) electrons. The van der Waals surface area contributed by atoms with Crippen molar-refractivity contribution in [3.05, 3.63) is 17.5 Å². The molecule has 0 atom stereocenters. The van der Waals surface area contributed by atoms with Crippen LogP contribution in [-0.4, -0.2) is 11.8 Å². The van der Waals surface area contributed by atoms with Crippen molar-refractivity contribution in [3.63, 3.8) is 0 Å². The highest BCUT2D eigenvalue weighted by Gasteiger charge is 2.05. The Morgan fingerprint density at radius 1 is 1.24 bits per heavy atom. The van der Waals surface area contributed by atoms with E-state index < -0.39 is 0 Å². The Balaban J connectivity index is 2.23. The van der Waals surface area contributed by atoms with Crippen molar-refractivity contribution in [3.8, 4) is 0 Å². The van der Waals surface area contributed by atoms with Gasteiger partial charge in [-0.2, -0.15) is 0 Å². The van der Waals surface area contributed by atoms with Gasteiger partial charge in [0.05, 0.1) is 5.69 Å². The smallest absolute Gasteiger partial charge is 0.162 e. The van der Waals surface area contributed by atoms with Crippen LogP contribution < -0.4 is 0 Å². The molecule has 0 fully saturated rings. The second-order valence-corrected chi connectivity index (χ2v) is 5.48. The van der Waals surface area contributed by atoms with Crippen LogP contribution in [0.1, 0.15) is 52.0 Å². The Morgan fingerprint density at radius 2 is 2.00 bits per heavy atom. The SMILES string of the molecule is CC(C)CCCc1cc(COCC(C)C)on1. The molecule has 0 aromatic carbocycles. The van der Waals surface area contributed by atoms with E-state index in [1.807, 2.05) is 6.07 Å². The van der Waals surface area contributed by atoms with Crippen LogP contribution in [0.15, 0.2) is 10.6 Å². The predicted octanol–water partition coefficient (Wildman–Crippen LogP) is 3.83. The lowest BCUT2D eigenvalue weighted by Crippen LogP contribution is -2.01. The van der Waals surface area contributed by atoms with Gasteiger partial charge in [0.2, 0.25) is 0 Å². The lowest BCUT2D eigenvalue weighted by atomic mass is 10.1. The Labute approximate surface area is 105 Å². The number of nitrogens with zero attached hydrogens (tertiary/aromatic N) is 1. The third-order valence-electron chi connectivity index (χ3n) is 2.52. The van der Waals surface area contributed by atoms with Crippen molar-refractivity contribution in [1.29, 1.82) is 0 Å². The van der Waals surface area contributed by atoms with E-state index in [0.29, 0.717) is 12.5 Å². The van der Waals surface area contributed by atoms with Gasteiger partial charge in [0.1, 0.15) is 6.61 Å². The van der Waals surface area contributed by atoms with Crippen LogP contribution in [0.2, 0.25) is 0 Å². The van der Waals surface area contributed by atoms with E-state index in [1.165, 1.54) is 12.8 Å². The van der Waals surface area contributed by atoms with Crippen LogP contribution >= 0.6 is 0 Å². The first kappa shape index (κ1) is 14.2. The number of aromatic nitrogens is 1. The maximum Gasteiger partial charge on any atom is 0.162 e. The molecular formula is C14H25NO2. The fourth-order valence-corrected chi connectivity index (χ4v) is 1.63. The number of rotatable bonds is 8. The average Bonchev–Trinajstić information content (AvgIpc) is 2.65. The van der Waals surface area contributed by atoms with Crippen LogP contribution in [0.4, 0.5) is 0 Å². The fourth-order valence-electron chi connectivity index (χ4n) is 1.63. The summed E-state index contributed by atoms with van der Waals surface area (Å²) in [5, 5.41) is 4.06. The molecule has 1 aromatic rings. The molecule has 0 aliphatic rings. The van der Waals surface area contributed by atoms with Gasteiger partial charge in [-0.1, -0.05) is 39.3 Å². The van der Waals surface area contributed by atoms with Crippen molar-refractivity contribution in [2.75, 3.05) is 6.61 Å². The zero-order chi connectivity index (χ0) is 12.7. The first-order valence-corrected chi connectivity index (χ1v) is 6.60. The third kappa shape index (κ3) is 6.47. The highest BCUT2D eigenvalue weighted by molar-refractivity contribution is 5.04. The maximum atomic E-state index is 5.50. The topological polar surface area (TPSA) is 35.3 Å². The van der Waals surface area contributed by atoms with Crippen molar-refractivity contribution in [1.82, 2.24) is 5.16 Å². The summed E-state index contributed by atoms with van der Waals surface area (Å²) in [5.41, 5.74) is 1.05. The van der Waals surface area contributed by atoms with Crippen LogP contribution in [0.25, 0.3) is 0 Å².